The molecule has 1 N–H and O–H groups in total. The van der Waals surface area contributed by atoms with Crippen LogP contribution in [0, 0.1) is 5.92 Å². The zero-order chi connectivity index (χ0) is 12.3. The van der Waals surface area contributed by atoms with Gasteiger partial charge >= 0.3 is 0 Å². The van der Waals surface area contributed by atoms with Crippen molar-refractivity contribution in [1.29, 1.82) is 0 Å². The van der Waals surface area contributed by atoms with Gasteiger partial charge in [-0.3, -0.25) is 10.1 Å². The molecule has 0 aromatic heterocycles. The van der Waals surface area contributed by atoms with Gasteiger partial charge in [0.25, 0.3) is 0 Å². The van der Waals surface area contributed by atoms with Gasteiger partial charge in [-0.25, -0.2) is 0 Å². The first kappa shape index (κ1) is 13.5. The first-order valence-corrected chi connectivity index (χ1v) is 6.16. The molecule has 94 valence electrons. The first-order chi connectivity index (χ1) is 7.43. The SMILES string of the molecule is CC(C)C1NCC(=O)N1CCN(C)C(C)C. The number of rotatable bonds is 5. The summed E-state index contributed by atoms with van der Waals surface area (Å²) in [6.07, 6.45) is 0.216. The summed E-state index contributed by atoms with van der Waals surface area (Å²) in [6.45, 7) is 10.9. The molecule has 0 spiro atoms. The van der Waals surface area contributed by atoms with Crippen LogP contribution < -0.4 is 5.32 Å². The minimum absolute atomic E-state index is 0.216. The van der Waals surface area contributed by atoms with Crippen LogP contribution in [0.4, 0.5) is 0 Å². The predicted octanol–water partition coefficient (Wildman–Crippen LogP) is 0.741. The second kappa shape index (κ2) is 5.64. The molecule has 4 heteroatoms. The van der Waals surface area contributed by atoms with Crippen LogP contribution in [-0.4, -0.2) is 54.6 Å². The van der Waals surface area contributed by atoms with Crippen LogP contribution in [0.1, 0.15) is 27.7 Å². The zero-order valence-electron chi connectivity index (χ0n) is 11.2. The molecule has 0 bridgehead atoms. The van der Waals surface area contributed by atoms with Crippen LogP contribution in [0.15, 0.2) is 0 Å². The maximum Gasteiger partial charge on any atom is 0.237 e. The Morgan fingerprint density at radius 1 is 1.44 bits per heavy atom. The molecule has 1 saturated heterocycles. The average molecular weight is 227 g/mol. The molecule has 1 fully saturated rings. The van der Waals surface area contributed by atoms with E-state index in [1.54, 1.807) is 0 Å². The van der Waals surface area contributed by atoms with E-state index in [-0.39, 0.29) is 12.1 Å². The first-order valence-electron chi connectivity index (χ1n) is 6.16. The van der Waals surface area contributed by atoms with Crippen LogP contribution in [-0.2, 0) is 4.79 Å². The highest BCUT2D eigenvalue weighted by molar-refractivity contribution is 5.80. The minimum Gasteiger partial charge on any atom is -0.325 e. The third-order valence-electron chi connectivity index (χ3n) is 3.33. The molecule has 4 nitrogen and oxygen atoms in total. The van der Waals surface area contributed by atoms with Crippen molar-refractivity contribution in [3.63, 3.8) is 0 Å². The Balaban J connectivity index is 2.47. The van der Waals surface area contributed by atoms with Gasteiger partial charge < -0.3 is 9.80 Å². The zero-order valence-corrected chi connectivity index (χ0v) is 11.2. The van der Waals surface area contributed by atoms with Gasteiger partial charge in [0.1, 0.15) is 0 Å². The highest BCUT2D eigenvalue weighted by Gasteiger charge is 2.31. The molecular weight excluding hydrogens is 202 g/mol. The number of carbonyl (C=O) groups excluding carboxylic acids is 1. The molecule has 1 rings (SSSR count). The van der Waals surface area contributed by atoms with Gasteiger partial charge in [-0.15, -0.1) is 0 Å². The smallest absolute Gasteiger partial charge is 0.237 e. The molecule has 1 aliphatic rings. The predicted molar refractivity (Wildman–Crippen MR) is 66.1 cm³/mol. The van der Waals surface area contributed by atoms with Gasteiger partial charge in [-0.2, -0.15) is 0 Å². The Morgan fingerprint density at radius 2 is 2.06 bits per heavy atom. The van der Waals surface area contributed by atoms with Crippen molar-refractivity contribution in [2.24, 2.45) is 5.92 Å². The Labute approximate surface area is 99.0 Å². The summed E-state index contributed by atoms with van der Waals surface area (Å²) in [6, 6.07) is 0.531. The molecule has 0 saturated carbocycles. The third kappa shape index (κ3) is 3.19. The largest absolute Gasteiger partial charge is 0.325 e. The van der Waals surface area contributed by atoms with Crippen LogP contribution in [0.25, 0.3) is 0 Å². The summed E-state index contributed by atoms with van der Waals surface area (Å²) < 4.78 is 0. The van der Waals surface area contributed by atoms with E-state index in [1.165, 1.54) is 0 Å². The Kier molecular flexibility index (Phi) is 4.74. The van der Waals surface area contributed by atoms with Crippen LogP contribution in [0.3, 0.4) is 0 Å². The number of nitrogens with zero attached hydrogens (tertiary/aromatic N) is 2. The summed E-state index contributed by atoms with van der Waals surface area (Å²) in [5, 5.41) is 3.27. The van der Waals surface area contributed by atoms with Crippen molar-refractivity contribution in [3.8, 4) is 0 Å². The van der Waals surface area contributed by atoms with Crippen molar-refractivity contribution in [2.45, 2.75) is 39.9 Å². The number of carbonyl (C=O) groups is 1. The number of amides is 1. The van der Waals surface area contributed by atoms with Crippen molar-refractivity contribution in [3.05, 3.63) is 0 Å². The third-order valence-corrected chi connectivity index (χ3v) is 3.33. The monoisotopic (exact) mass is 227 g/mol. The molecule has 0 aromatic carbocycles. The molecule has 16 heavy (non-hydrogen) atoms. The quantitative estimate of drug-likeness (QED) is 0.752. The van der Waals surface area contributed by atoms with E-state index < -0.39 is 0 Å². The average Bonchev–Trinajstić information content (AvgIpc) is 2.56. The fraction of sp³-hybridized carbons (Fsp3) is 0.917. The normalized spacial score (nSPS) is 21.9. The molecule has 1 unspecified atom stereocenters. The van der Waals surface area contributed by atoms with E-state index in [0.717, 1.165) is 13.1 Å². The summed E-state index contributed by atoms with van der Waals surface area (Å²) in [5.74, 6) is 0.701. The lowest BCUT2D eigenvalue weighted by atomic mass is 10.1. The van der Waals surface area contributed by atoms with Gasteiger partial charge in [-0.1, -0.05) is 13.8 Å². The van der Waals surface area contributed by atoms with E-state index in [9.17, 15) is 4.79 Å². The van der Waals surface area contributed by atoms with Gasteiger partial charge in [0, 0.05) is 19.1 Å². The van der Waals surface area contributed by atoms with Gasteiger partial charge in [-0.05, 0) is 26.8 Å². The highest BCUT2D eigenvalue weighted by atomic mass is 16.2. The second-order valence-corrected chi connectivity index (χ2v) is 5.23. The Morgan fingerprint density at radius 3 is 2.56 bits per heavy atom. The molecular formula is C12H25N3O. The van der Waals surface area contributed by atoms with E-state index in [1.807, 2.05) is 4.90 Å². The molecule has 0 radical (unpaired) electrons. The lowest BCUT2D eigenvalue weighted by Crippen LogP contribution is -2.45. The van der Waals surface area contributed by atoms with E-state index in [0.29, 0.717) is 18.5 Å². The fourth-order valence-electron chi connectivity index (χ4n) is 1.94. The molecule has 1 atom stereocenters. The second-order valence-electron chi connectivity index (χ2n) is 5.23. The summed E-state index contributed by atoms with van der Waals surface area (Å²) in [4.78, 5) is 16.0. The topological polar surface area (TPSA) is 35.6 Å². The fourth-order valence-corrected chi connectivity index (χ4v) is 1.94. The van der Waals surface area contributed by atoms with Crippen LogP contribution >= 0.6 is 0 Å². The van der Waals surface area contributed by atoms with Gasteiger partial charge in [0.15, 0.2) is 0 Å². The maximum absolute atomic E-state index is 11.7. The number of nitrogens with one attached hydrogen (secondary N) is 1. The van der Waals surface area contributed by atoms with Crippen molar-refractivity contribution in [1.82, 2.24) is 15.1 Å². The van der Waals surface area contributed by atoms with E-state index in [2.05, 4.69) is 45.0 Å². The summed E-state index contributed by atoms with van der Waals surface area (Å²) >= 11 is 0. The molecule has 0 aromatic rings. The van der Waals surface area contributed by atoms with Crippen molar-refractivity contribution in [2.75, 3.05) is 26.7 Å². The van der Waals surface area contributed by atoms with Crippen LogP contribution in [0.2, 0.25) is 0 Å². The summed E-state index contributed by atoms with van der Waals surface area (Å²) in [7, 11) is 2.10. The van der Waals surface area contributed by atoms with Crippen LogP contribution in [0.5, 0.6) is 0 Å². The standard InChI is InChI=1S/C12H25N3O/c1-9(2)12-13-8-11(16)15(12)7-6-14(5)10(3)4/h9-10,12-13H,6-8H2,1-5H3. The minimum atomic E-state index is 0.216. The lowest BCUT2D eigenvalue weighted by molar-refractivity contribution is -0.128. The maximum atomic E-state index is 11.7. The summed E-state index contributed by atoms with van der Waals surface area (Å²) in [5.41, 5.74) is 0. The number of hydrogen-bond donors (Lipinski definition) is 1. The van der Waals surface area contributed by atoms with Crippen molar-refractivity contribution >= 4 is 5.91 Å². The molecule has 1 aliphatic heterocycles. The number of likely N-dealkylation sites (N-methyl/N-ethyl adjacent to an activating group) is 1. The van der Waals surface area contributed by atoms with E-state index in [4.69, 9.17) is 0 Å². The van der Waals surface area contributed by atoms with E-state index >= 15 is 0 Å². The highest BCUT2D eigenvalue weighted by Crippen LogP contribution is 2.13. The molecule has 1 amide bonds. The Hall–Kier alpha value is -0.610. The Bertz CT molecular complexity index is 240. The van der Waals surface area contributed by atoms with Gasteiger partial charge in [0.2, 0.25) is 5.91 Å². The number of hydrogen-bond acceptors (Lipinski definition) is 3. The molecule has 1 heterocycles. The molecule has 0 aliphatic carbocycles. The van der Waals surface area contributed by atoms with Crippen molar-refractivity contribution < 1.29 is 4.79 Å². The van der Waals surface area contributed by atoms with Gasteiger partial charge in [0.05, 0.1) is 12.7 Å². The lowest BCUT2D eigenvalue weighted by Gasteiger charge is -2.30.